The standard InChI is InChI=1S/C15H22N2O3S2/c1-16(2)22(19,20)17-10-4-5-13(11-17)15(18)12-6-8-14(21-3)9-7-12/h6-9,13H,4-5,10-11H2,1-3H3/t13-/m0/s1. The number of thioether (sulfide) groups is 1. The Kier molecular flexibility index (Phi) is 5.65. The maximum Gasteiger partial charge on any atom is 0.281 e. The fourth-order valence-corrected chi connectivity index (χ4v) is 4.19. The molecule has 7 heteroatoms. The number of hydrogen-bond acceptors (Lipinski definition) is 4. The van der Waals surface area contributed by atoms with Crippen LogP contribution in [-0.4, -0.2) is 56.3 Å². The van der Waals surface area contributed by atoms with Crippen molar-refractivity contribution in [3.05, 3.63) is 29.8 Å². The van der Waals surface area contributed by atoms with Crippen LogP contribution >= 0.6 is 11.8 Å². The number of carbonyl (C=O) groups is 1. The van der Waals surface area contributed by atoms with Crippen LogP contribution in [0.5, 0.6) is 0 Å². The van der Waals surface area contributed by atoms with E-state index >= 15 is 0 Å². The summed E-state index contributed by atoms with van der Waals surface area (Å²) in [4.78, 5) is 13.7. The molecule has 1 fully saturated rings. The minimum absolute atomic E-state index is 0.0336. The number of Topliss-reactive ketones (excluding diaryl/α,β-unsaturated/α-hetero) is 1. The Balaban J connectivity index is 2.13. The molecule has 1 aromatic carbocycles. The van der Waals surface area contributed by atoms with E-state index in [0.717, 1.165) is 11.3 Å². The fraction of sp³-hybridized carbons (Fsp3) is 0.533. The van der Waals surface area contributed by atoms with Crippen molar-refractivity contribution in [2.75, 3.05) is 33.4 Å². The third-order valence-corrected chi connectivity index (χ3v) is 6.57. The lowest BCUT2D eigenvalue weighted by atomic mass is 9.91. The van der Waals surface area contributed by atoms with E-state index in [0.29, 0.717) is 18.5 Å². The summed E-state index contributed by atoms with van der Waals surface area (Å²) in [6.45, 7) is 0.749. The predicted molar refractivity (Wildman–Crippen MR) is 89.5 cm³/mol. The van der Waals surface area contributed by atoms with E-state index in [2.05, 4.69) is 0 Å². The number of rotatable bonds is 5. The summed E-state index contributed by atoms with van der Waals surface area (Å²) in [5, 5.41) is 0. The Bertz CT molecular complexity index is 627. The number of benzene rings is 1. The van der Waals surface area contributed by atoms with Crippen molar-refractivity contribution in [2.24, 2.45) is 5.92 Å². The smallest absolute Gasteiger partial charge is 0.281 e. The van der Waals surface area contributed by atoms with Gasteiger partial charge in [0.1, 0.15) is 0 Å². The Labute approximate surface area is 136 Å². The third kappa shape index (κ3) is 3.71. The number of ketones is 1. The summed E-state index contributed by atoms with van der Waals surface area (Å²) < 4.78 is 27.0. The number of piperidine rings is 1. The molecule has 0 aliphatic carbocycles. The van der Waals surface area contributed by atoms with E-state index in [1.165, 1.54) is 22.7 Å². The molecule has 22 heavy (non-hydrogen) atoms. The first-order valence-corrected chi connectivity index (χ1v) is 9.84. The quantitative estimate of drug-likeness (QED) is 0.607. The van der Waals surface area contributed by atoms with Gasteiger partial charge >= 0.3 is 0 Å². The Morgan fingerprint density at radius 3 is 2.45 bits per heavy atom. The second kappa shape index (κ2) is 7.12. The zero-order valence-electron chi connectivity index (χ0n) is 13.2. The van der Waals surface area contributed by atoms with Crippen molar-refractivity contribution in [3.8, 4) is 0 Å². The average Bonchev–Trinajstić information content (AvgIpc) is 2.54. The second-order valence-electron chi connectivity index (χ2n) is 5.58. The summed E-state index contributed by atoms with van der Waals surface area (Å²) in [5.74, 6) is -0.227. The number of hydrogen-bond donors (Lipinski definition) is 0. The van der Waals surface area contributed by atoms with Gasteiger partial charge in [0.2, 0.25) is 0 Å². The zero-order valence-corrected chi connectivity index (χ0v) is 14.8. The molecular formula is C15H22N2O3S2. The van der Waals surface area contributed by atoms with Crippen LogP contribution in [0.4, 0.5) is 0 Å². The van der Waals surface area contributed by atoms with Gasteiger partial charge in [-0.2, -0.15) is 17.0 Å². The molecule has 0 aromatic heterocycles. The second-order valence-corrected chi connectivity index (χ2v) is 8.60. The van der Waals surface area contributed by atoms with E-state index in [1.54, 1.807) is 11.8 Å². The minimum Gasteiger partial charge on any atom is -0.294 e. The van der Waals surface area contributed by atoms with Gasteiger partial charge in [0.05, 0.1) is 0 Å². The maximum absolute atomic E-state index is 12.6. The molecule has 0 radical (unpaired) electrons. The molecule has 1 aromatic rings. The lowest BCUT2D eigenvalue weighted by Gasteiger charge is -2.32. The summed E-state index contributed by atoms with van der Waals surface area (Å²) in [6, 6.07) is 7.51. The molecule has 1 heterocycles. The molecule has 5 nitrogen and oxygen atoms in total. The zero-order chi connectivity index (χ0) is 16.3. The predicted octanol–water partition coefficient (Wildman–Crippen LogP) is 2.11. The summed E-state index contributed by atoms with van der Waals surface area (Å²) >= 11 is 1.63. The van der Waals surface area contributed by atoms with Crippen molar-refractivity contribution in [1.29, 1.82) is 0 Å². The first-order valence-electron chi connectivity index (χ1n) is 7.22. The fourth-order valence-electron chi connectivity index (χ4n) is 2.59. The highest BCUT2D eigenvalue weighted by Gasteiger charge is 2.33. The van der Waals surface area contributed by atoms with Crippen LogP contribution < -0.4 is 0 Å². The van der Waals surface area contributed by atoms with Gasteiger partial charge in [0, 0.05) is 43.6 Å². The van der Waals surface area contributed by atoms with Crippen molar-refractivity contribution >= 4 is 27.8 Å². The molecule has 0 bridgehead atoms. The molecule has 1 saturated heterocycles. The molecule has 0 N–H and O–H groups in total. The molecule has 122 valence electrons. The molecule has 1 aliphatic rings. The van der Waals surface area contributed by atoms with Crippen LogP contribution in [0, 0.1) is 5.92 Å². The number of carbonyl (C=O) groups excluding carboxylic acids is 1. The highest BCUT2D eigenvalue weighted by molar-refractivity contribution is 7.98. The van der Waals surface area contributed by atoms with Gasteiger partial charge < -0.3 is 0 Å². The largest absolute Gasteiger partial charge is 0.294 e. The molecular weight excluding hydrogens is 320 g/mol. The lowest BCUT2D eigenvalue weighted by molar-refractivity contribution is 0.0870. The van der Waals surface area contributed by atoms with Crippen LogP contribution in [0.1, 0.15) is 23.2 Å². The Morgan fingerprint density at radius 1 is 1.27 bits per heavy atom. The molecule has 0 spiro atoms. The van der Waals surface area contributed by atoms with Crippen molar-refractivity contribution < 1.29 is 13.2 Å². The normalized spacial score (nSPS) is 20.3. The topological polar surface area (TPSA) is 57.7 Å². The van der Waals surface area contributed by atoms with Crippen LogP contribution in [0.25, 0.3) is 0 Å². The summed E-state index contributed by atoms with van der Waals surface area (Å²) in [6.07, 6.45) is 3.44. The van der Waals surface area contributed by atoms with Crippen molar-refractivity contribution in [1.82, 2.24) is 8.61 Å². The van der Waals surface area contributed by atoms with E-state index < -0.39 is 10.2 Å². The van der Waals surface area contributed by atoms with Gasteiger partial charge in [0.15, 0.2) is 5.78 Å². The molecule has 2 rings (SSSR count). The van der Waals surface area contributed by atoms with Crippen LogP contribution in [0.15, 0.2) is 29.2 Å². The van der Waals surface area contributed by atoms with Gasteiger partial charge in [0.25, 0.3) is 10.2 Å². The van der Waals surface area contributed by atoms with E-state index in [4.69, 9.17) is 0 Å². The van der Waals surface area contributed by atoms with E-state index in [9.17, 15) is 13.2 Å². The highest BCUT2D eigenvalue weighted by Crippen LogP contribution is 2.24. The molecule has 1 aliphatic heterocycles. The van der Waals surface area contributed by atoms with E-state index in [1.807, 2.05) is 30.5 Å². The first-order chi connectivity index (χ1) is 10.4. The molecule has 1 atom stereocenters. The summed E-state index contributed by atoms with van der Waals surface area (Å²) in [7, 11) is -0.417. The first kappa shape index (κ1) is 17.5. The minimum atomic E-state index is -3.45. The average molecular weight is 342 g/mol. The van der Waals surface area contributed by atoms with Crippen molar-refractivity contribution in [3.63, 3.8) is 0 Å². The van der Waals surface area contributed by atoms with Crippen LogP contribution in [-0.2, 0) is 10.2 Å². The van der Waals surface area contributed by atoms with Gasteiger partial charge in [-0.1, -0.05) is 12.1 Å². The SMILES string of the molecule is CSc1ccc(C(=O)[C@H]2CCCN(S(=O)(=O)N(C)C)C2)cc1. The Hall–Kier alpha value is -0.890. The number of nitrogens with zero attached hydrogens (tertiary/aromatic N) is 2. The van der Waals surface area contributed by atoms with Crippen molar-refractivity contribution in [2.45, 2.75) is 17.7 Å². The lowest BCUT2D eigenvalue weighted by Crippen LogP contribution is -2.46. The molecule has 0 unspecified atom stereocenters. The Morgan fingerprint density at radius 2 is 1.91 bits per heavy atom. The molecule has 0 amide bonds. The van der Waals surface area contributed by atoms with Gasteiger partial charge in [-0.3, -0.25) is 4.79 Å². The van der Waals surface area contributed by atoms with Crippen LogP contribution in [0.2, 0.25) is 0 Å². The van der Waals surface area contributed by atoms with Crippen LogP contribution in [0.3, 0.4) is 0 Å². The maximum atomic E-state index is 12.6. The highest BCUT2D eigenvalue weighted by atomic mass is 32.2. The third-order valence-electron chi connectivity index (χ3n) is 3.92. The summed E-state index contributed by atoms with van der Waals surface area (Å²) in [5.41, 5.74) is 0.659. The monoisotopic (exact) mass is 342 g/mol. The van der Waals surface area contributed by atoms with Gasteiger partial charge in [-0.05, 0) is 31.2 Å². The van der Waals surface area contributed by atoms with Gasteiger partial charge in [-0.15, -0.1) is 11.8 Å². The molecule has 0 saturated carbocycles. The van der Waals surface area contributed by atoms with E-state index in [-0.39, 0.29) is 18.2 Å². The van der Waals surface area contributed by atoms with Gasteiger partial charge in [-0.25, -0.2) is 0 Å².